The van der Waals surface area contributed by atoms with Crippen LogP contribution in [-0.4, -0.2) is 49.7 Å². The number of ether oxygens (including phenoxy) is 1. The van der Waals surface area contributed by atoms with Crippen LogP contribution in [0.3, 0.4) is 0 Å². The average Bonchev–Trinajstić information content (AvgIpc) is 2.77. The lowest BCUT2D eigenvalue weighted by Crippen LogP contribution is -2.42. The largest absolute Gasteiger partial charge is 0.504 e. The first kappa shape index (κ1) is 22.1. The summed E-state index contributed by atoms with van der Waals surface area (Å²) in [6.07, 6.45) is 12.4. The van der Waals surface area contributed by atoms with Gasteiger partial charge in [-0.05, 0) is 60.6 Å². The Morgan fingerprint density at radius 3 is 2.80 bits per heavy atom. The minimum atomic E-state index is -3.13. The van der Waals surface area contributed by atoms with Crippen molar-refractivity contribution in [3.05, 3.63) is 67.2 Å². The van der Waals surface area contributed by atoms with E-state index in [1.165, 1.54) is 0 Å². The van der Waals surface area contributed by atoms with Crippen LogP contribution >= 0.6 is 0 Å². The fraction of sp³-hybridized carbons (Fsp3) is 0.348. The first-order valence-corrected chi connectivity index (χ1v) is 11.7. The highest BCUT2D eigenvalue weighted by Gasteiger charge is 2.26. The van der Waals surface area contributed by atoms with E-state index in [2.05, 4.69) is 29.0 Å². The number of hydrogen-bond acceptors (Lipinski definition) is 5. The minimum Gasteiger partial charge on any atom is -0.504 e. The quantitative estimate of drug-likeness (QED) is 0.505. The summed E-state index contributed by atoms with van der Waals surface area (Å²) in [6.45, 7) is 6.59. The molecule has 3 rings (SSSR count). The Balaban J connectivity index is 1.89. The summed E-state index contributed by atoms with van der Waals surface area (Å²) >= 11 is 0. The zero-order chi connectivity index (χ0) is 21.6. The van der Waals surface area contributed by atoms with Crippen LogP contribution in [-0.2, 0) is 14.8 Å². The number of anilines is 1. The number of nitrogens with zero attached hydrogens (tertiary/aromatic N) is 2. The maximum Gasteiger partial charge on any atom is 0.213 e. The van der Waals surface area contributed by atoms with Gasteiger partial charge >= 0.3 is 0 Å². The SMILES string of the molecule is C=CC=C(C=COC)c1cc(NC2CCN(S(=O)(=O)CC)CC2)c2cnccc2c1. The molecule has 0 spiro atoms. The van der Waals surface area contributed by atoms with E-state index >= 15 is 0 Å². The van der Waals surface area contributed by atoms with Crippen molar-refractivity contribution in [3.8, 4) is 0 Å². The Morgan fingerprint density at radius 2 is 2.13 bits per heavy atom. The maximum atomic E-state index is 12.1. The van der Waals surface area contributed by atoms with Gasteiger partial charge in [-0.15, -0.1) is 0 Å². The van der Waals surface area contributed by atoms with Crippen molar-refractivity contribution < 1.29 is 13.2 Å². The molecular formula is C23H29N3O3S. The number of aromatic nitrogens is 1. The number of allylic oxidation sites excluding steroid dienone is 4. The highest BCUT2D eigenvalue weighted by atomic mass is 32.2. The van der Waals surface area contributed by atoms with E-state index < -0.39 is 10.0 Å². The monoisotopic (exact) mass is 427 g/mol. The number of sulfonamides is 1. The third kappa shape index (κ3) is 5.09. The van der Waals surface area contributed by atoms with Gasteiger partial charge in [0.2, 0.25) is 10.0 Å². The topological polar surface area (TPSA) is 71.5 Å². The van der Waals surface area contributed by atoms with E-state index in [0.717, 1.165) is 40.4 Å². The van der Waals surface area contributed by atoms with Gasteiger partial charge in [0.15, 0.2) is 0 Å². The number of hydrogen-bond donors (Lipinski definition) is 1. The second kappa shape index (κ2) is 9.91. The molecule has 2 heterocycles. The van der Waals surface area contributed by atoms with E-state index in [1.807, 2.05) is 24.4 Å². The third-order valence-corrected chi connectivity index (χ3v) is 7.22. The molecule has 0 atom stereocenters. The summed E-state index contributed by atoms with van der Waals surface area (Å²) in [5.41, 5.74) is 3.01. The summed E-state index contributed by atoms with van der Waals surface area (Å²) in [4.78, 5) is 4.29. The molecule has 30 heavy (non-hydrogen) atoms. The Kier molecular flexibility index (Phi) is 7.29. The first-order chi connectivity index (χ1) is 14.5. The Bertz CT molecular complexity index is 1050. The highest BCUT2D eigenvalue weighted by Crippen LogP contribution is 2.31. The summed E-state index contributed by atoms with van der Waals surface area (Å²) in [5.74, 6) is 0.150. The van der Waals surface area contributed by atoms with Gasteiger partial charge in [0, 0.05) is 42.6 Å². The molecule has 1 aromatic heterocycles. The molecule has 1 aromatic carbocycles. The van der Waals surface area contributed by atoms with Crippen LogP contribution in [0.2, 0.25) is 0 Å². The number of nitrogens with one attached hydrogen (secondary N) is 1. The highest BCUT2D eigenvalue weighted by molar-refractivity contribution is 7.89. The summed E-state index contributed by atoms with van der Waals surface area (Å²) in [5, 5.41) is 5.76. The molecule has 7 heteroatoms. The van der Waals surface area contributed by atoms with Crippen LogP contribution < -0.4 is 5.32 Å². The van der Waals surface area contributed by atoms with Gasteiger partial charge in [-0.1, -0.05) is 18.7 Å². The Morgan fingerprint density at radius 1 is 1.37 bits per heavy atom. The summed E-state index contributed by atoms with van der Waals surface area (Å²) in [6, 6.07) is 6.42. The molecule has 160 valence electrons. The van der Waals surface area contributed by atoms with Gasteiger partial charge in [-0.3, -0.25) is 4.98 Å². The molecular weight excluding hydrogens is 398 g/mol. The Hall–Kier alpha value is -2.64. The van der Waals surface area contributed by atoms with E-state index in [-0.39, 0.29) is 11.8 Å². The van der Waals surface area contributed by atoms with Crippen molar-refractivity contribution in [2.75, 3.05) is 31.3 Å². The van der Waals surface area contributed by atoms with Gasteiger partial charge in [-0.25, -0.2) is 12.7 Å². The first-order valence-electron chi connectivity index (χ1n) is 10.1. The average molecular weight is 428 g/mol. The van der Waals surface area contributed by atoms with Crippen LogP contribution in [0.15, 0.2) is 61.7 Å². The maximum absolute atomic E-state index is 12.1. The molecule has 0 bridgehead atoms. The van der Waals surface area contributed by atoms with E-state index in [4.69, 9.17) is 4.74 Å². The lowest BCUT2D eigenvalue weighted by Gasteiger charge is -2.32. The van der Waals surface area contributed by atoms with E-state index in [0.29, 0.717) is 13.1 Å². The fourth-order valence-electron chi connectivity index (χ4n) is 3.68. The molecule has 2 aromatic rings. The predicted molar refractivity (Wildman–Crippen MR) is 124 cm³/mol. The van der Waals surface area contributed by atoms with Crippen LogP contribution in [0.5, 0.6) is 0 Å². The van der Waals surface area contributed by atoms with Crippen LogP contribution in [0.25, 0.3) is 16.3 Å². The molecule has 6 nitrogen and oxygen atoms in total. The second-order valence-electron chi connectivity index (χ2n) is 7.23. The molecule has 0 saturated carbocycles. The molecule has 1 fully saturated rings. The smallest absolute Gasteiger partial charge is 0.213 e. The zero-order valence-corrected chi connectivity index (χ0v) is 18.4. The Labute approximate surface area is 179 Å². The molecule has 1 saturated heterocycles. The van der Waals surface area contributed by atoms with Crippen molar-refractivity contribution in [1.82, 2.24) is 9.29 Å². The predicted octanol–water partition coefficient (Wildman–Crippen LogP) is 4.19. The van der Waals surface area contributed by atoms with Crippen molar-refractivity contribution in [2.24, 2.45) is 0 Å². The van der Waals surface area contributed by atoms with Crippen molar-refractivity contribution in [3.63, 3.8) is 0 Å². The summed E-state index contributed by atoms with van der Waals surface area (Å²) < 4.78 is 30.9. The number of rotatable bonds is 8. The van der Waals surface area contributed by atoms with Gasteiger partial charge in [0.05, 0.1) is 19.1 Å². The van der Waals surface area contributed by atoms with Gasteiger partial charge in [-0.2, -0.15) is 0 Å². The lowest BCUT2D eigenvalue weighted by atomic mass is 9.99. The van der Waals surface area contributed by atoms with Gasteiger partial charge < -0.3 is 10.1 Å². The number of methoxy groups -OCH3 is 1. The number of piperidine rings is 1. The normalized spacial score (nSPS) is 16.8. The van der Waals surface area contributed by atoms with Crippen molar-refractivity contribution in [1.29, 1.82) is 0 Å². The summed E-state index contributed by atoms with van der Waals surface area (Å²) in [7, 11) is -1.51. The molecule has 1 aliphatic rings. The lowest BCUT2D eigenvalue weighted by molar-refractivity contribution is 0.330. The fourth-order valence-corrected chi connectivity index (χ4v) is 4.81. The van der Waals surface area contributed by atoms with Gasteiger partial charge in [0.25, 0.3) is 0 Å². The third-order valence-electron chi connectivity index (χ3n) is 5.34. The molecule has 1 aliphatic heterocycles. The number of pyridine rings is 1. The molecule has 0 aliphatic carbocycles. The zero-order valence-electron chi connectivity index (χ0n) is 17.5. The van der Waals surface area contributed by atoms with Crippen LogP contribution in [0.4, 0.5) is 5.69 Å². The molecule has 0 radical (unpaired) electrons. The number of fused-ring (bicyclic) bond motifs is 1. The van der Waals surface area contributed by atoms with Crippen LogP contribution in [0, 0.1) is 0 Å². The second-order valence-corrected chi connectivity index (χ2v) is 9.49. The molecule has 0 amide bonds. The molecule has 0 unspecified atom stereocenters. The van der Waals surface area contributed by atoms with E-state index in [9.17, 15) is 8.42 Å². The standard InChI is InChI=1S/C23H29N3O3S/c1-4-6-18(10-14-29-3)20-15-19-7-11-24-17-22(19)23(16-20)25-21-8-12-26(13-9-21)30(27,28)5-2/h4,6-7,10-11,14-17,21,25H,1,5,8-9,12-13H2,2-3H3. The van der Waals surface area contributed by atoms with Crippen molar-refractivity contribution in [2.45, 2.75) is 25.8 Å². The van der Waals surface area contributed by atoms with Crippen molar-refractivity contribution >= 4 is 32.1 Å². The van der Waals surface area contributed by atoms with E-state index in [1.54, 1.807) is 36.9 Å². The minimum absolute atomic E-state index is 0.150. The van der Waals surface area contributed by atoms with Crippen LogP contribution in [0.1, 0.15) is 25.3 Å². The molecule has 1 N–H and O–H groups in total. The van der Waals surface area contributed by atoms with Gasteiger partial charge in [0.1, 0.15) is 0 Å². The number of benzene rings is 1.